The molecule has 1 N–H and O–H groups in total. The van der Waals surface area contributed by atoms with E-state index < -0.39 is 0 Å². The quantitative estimate of drug-likeness (QED) is 0.891. The fourth-order valence-corrected chi connectivity index (χ4v) is 2.44. The standard InChI is InChI=1S/C14H26N4/c1-11(2)18-7-6-13(16-18)9-17-10-14(4,5)15-8-12(17)3/h6-7,11-12,15H,8-10H2,1-5H3. The van der Waals surface area contributed by atoms with Gasteiger partial charge in [-0.05, 0) is 40.7 Å². The van der Waals surface area contributed by atoms with Gasteiger partial charge in [0.1, 0.15) is 0 Å². The number of nitrogens with zero attached hydrogens (tertiary/aromatic N) is 3. The van der Waals surface area contributed by atoms with Gasteiger partial charge in [0.2, 0.25) is 0 Å². The van der Waals surface area contributed by atoms with E-state index in [0.717, 1.165) is 19.6 Å². The van der Waals surface area contributed by atoms with Crippen molar-refractivity contribution < 1.29 is 0 Å². The Morgan fingerprint density at radius 2 is 2.22 bits per heavy atom. The van der Waals surface area contributed by atoms with Crippen LogP contribution < -0.4 is 5.32 Å². The number of piperazine rings is 1. The van der Waals surface area contributed by atoms with Crippen LogP contribution in [-0.4, -0.2) is 39.4 Å². The molecule has 1 aliphatic rings. The topological polar surface area (TPSA) is 33.1 Å². The first-order valence-corrected chi connectivity index (χ1v) is 6.90. The van der Waals surface area contributed by atoms with Gasteiger partial charge in [-0.2, -0.15) is 5.10 Å². The van der Waals surface area contributed by atoms with Gasteiger partial charge in [0.05, 0.1) is 5.69 Å². The first kappa shape index (κ1) is 13.6. The zero-order valence-electron chi connectivity index (χ0n) is 12.3. The molecular weight excluding hydrogens is 224 g/mol. The average Bonchev–Trinajstić information content (AvgIpc) is 2.72. The van der Waals surface area contributed by atoms with Gasteiger partial charge in [0, 0.05) is 43.5 Å². The molecule has 0 saturated carbocycles. The normalized spacial score (nSPS) is 24.7. The molecule has 0 aliphatic carbocycles. The van der Waals surface area contributed by atoms with Crippen LogP contribution in [0.2, 0.25) is 0 Å². The summed E-state index contributed by atoms with van der Waals surface area (Å²) >= 11 is 0. The zero-order chi connectivity index (χ0) is 13.3. The third-order valence-corrected chi connectivity index (χ3v) is 3.66. The van der Waals surface area contributed by atoms with Crippen molar-refractivity contribution >= 4 is 0 Å². The van der Waals surface area contributed by atoms with Crippen LogP contribution in [0.4, 0.5) is 0 Å². The molecule has 1 aromatic rings. The van der Waals surface area contributed by atoms with Crippen molar-refractivity contribution in [3.05, 3.63) is 18.0 Å². The van der Waals surface area contributed by atoms with Gasteiger partial charge in [0.25, 0.3) is 0 Å². The molecule has 1 aromatic heterocycles. The molecule has 2 rings (SSSR count). The van der Waals surface area contributed by atoms with E-state index >= 15 is 0 Å². The van der Waals surface area contributed by atoms with E-state index in [4.69, 9.17) is 0 Å². The van der Waals surface area contributed by atoms with Crippen LogP contribution in [0.5, 0.6) is 0 Å². The summed E-state index contributed by atoms with van der Waals surface area (Å²) in [5.74, 6) is 0. The smallest absolute Gasteiger partial charge is 0.0765 e. The summed E-state index contributed by atoms with van der Waals surface area (Å²) in [6.07, 6.45) is 2.08. The van der Waals surface area contributed by atoms with Gasteiger partial charge in [-0.3, -0.25) is 9.58 Å². The second kappa shape index (κ2) is 5.02. The van der Waals surface area contributed by atoms with Crippen LogP contribution in [0.1, 0.15) is 46.4 Å². The highest BCUT2D eigenvalue weighted by atomic mass is 15.3. The fourth-order valence-electron chi connectivity index (χ4n) is 2.44. The molecule has 2 heterocycles. The predicted octanol–water partition coefficient (Wildman–Crippen LogP) is 2.04. The molecule has 0 amide bonds. The maximum absolute atomic E-state index is 4.64. The Morgan fingerprint density at radius 3 is 2.83 bits per heavy atom. The Balaban J connectivity index is 2.02. The Kier molecular flexibility index (Phi) is 3.78. The first-order chi connectivity index (χ1) is 8.37. The lowest BCUT2D eigenvalue weighted by Crippen LogP contribution is -2.60. The fraction of sp³-hybridized carbons (Fsp3) is 0.786. The van der Waals surface area contributed by atoms with Gasteiger partial charge in [-0.15, -0.1) is 0 Å². The Bertz CT molecular complexity index is 394. The Morgan fingerprint density at radius 1 is 1.50 bits per heavy atom. The molecule has 1 atom stereocenters. The summed E-state index contributed by atoms with van der Waals surface area (Å²) < 4.78 is 2.04. The number of hydrogen-bond donors (Lipinski definition) is 1. The first-order valence-electron chi connectivity index (χ1n) is 6.90. The third kappa shape index (κ3) is 3.12. The third-order valence-electron chi connectivity index (χ3n) is 3.66. The number of nitrogens with one attached hydrogen (secondary N) is 1. The molecule has 1 fully saturated rings. The van der Waals surface area contributed by atoms with Crippen LogP contribution in [0.3, 0.4) is 0 Å². The summed E-state index contributed by atoms with van der Waals surface area (Å²) in [6.45, 7) is 14.2. The lowest BCUT2D eigenvalue weighted by Gasteiger charge is -2.43. The van der Waals surface area contributed by atoms with Gasteiger partial charge in [-0.1, -0.05) is 0 Å². The molecule has 1 unspecified atom stereocenters. The second-order valence-electron chi connectivity index (χ2n) is 6.40. The van der Waals surface area contributed by atoms with E-state index in [1.54, 1.807) is 0 Å². The highest BCUT2D eigenvalue weighted by Gasteiger charge is 2.30. The molecule has 1 saturated heterocycles. The van der Waals surface area contributed by atoms with Crippen LogP contribution >= 0.6 is 0 Å². The molecule has 0 spiro atoms. The van der Waals surface area contributed by atoms with Crippen molar-refractivity contribution in [2.45, 2.75) is 58.8 Å². The molecule has 18 heavy (non-hydrogen) atoms. The molecule has 0 aromatic carbocycles. The minimum Gasteiger partial charge on any atom is -0.309 e. The van der Waals surface area contributed by atoms with E-state index in [0.29, 0.717) is 12.1 Å². The Labute approximate surface area is 110 Å². The molecule has 1 aliphatic heterocycles. The van der Waals surface area contributed by atoms with Crippen molar-refractivity contribution in [2.24, 2.45) is 0 Å². The summed E-state index contributed by atoms with van der Waals surface area (Å²) in [5, 5.41) is 8.22. The van der Waals surface area contributed by atoms with E-state index in [2.05, 4.69) is 62.2 Å². The largest absolute Gasteiger partial charge is 0.309 e. The van der Waals surface area contributed by atoms with Crippen molar-refractivity contribution in [2.75, 3.05) is 13.1 Å². The van der Waals surface area contributed by atoms with Crippen LogP contribution in [-0.2, 0) is 6.54 Å². The SMILES string of the molecule is CC1CNC(C)(C)CN1Cc1ccn(C(C)C)n1. The van der Waals surface area contributed by atoms with Gasteiger partial charge >= 0.3 is 0 Å². The molecule has 0 bridgehead atoms. The van der Waals surface area contributed by atoms with Gasteiger partial charge < -0.3 is 5.32 Å². The van der Waals surface area contributed by atoms with Crippen molar-refractivity contribution in [1.29, 1.82) is 0 Å². The lowest BCUT2D eigenvalue weighted by molar-refractivity contribution is 0.0962. The van der Waals surface area contributed by atoms with Crippen LogP contribution in [0, 0.1) is 0 Å². The molecule has 4 nitrogen and oxygen atoms in total. The number of aromatic nitrogens is 2. The second-order valence-corrected chi connectivity index (χ2v) is 6.40. The Hall–Kier alpha value is -0.870. The van der Waals surface area contributed by atoms with Crippen molar-refractivity contribution in [3.63, 3.8) is 0 Å². The summed E-state index contributed by atoms with van der Waals surface area (Å²) in [6, 6.07) is 3.15. The lowest BCUT2D eigenvalue weighted by atomic mass is 9.99. The van der Waals surface area contributed by atoms with Gasteiger partial charge in [-0.25, -0.2) is 0 Å². The highest BCUT2D eigenvalue weighted by Crippen LogP contribution is 2.17. The van der Waals surface area contributed by atoms with Crippen molar-refractivity contribution in [1.82, 2.24) is 20.0 Å². The van der Waals surface area contributed by atoms with E-state index in [1.807, 2.05) is 4.68 Å². The average molecular weight is 250 g/mol. The minimum absolute atomic E-state index is 0.202. The summed E-state index contributed by atoms with van der Waals surface area (Å²) in [5.41, 5.74) is 1.38. The van der Waals surface area contributed by atoms with E-state index in [9.17, 15) is 0 Å². The number of hydrogen-bond acceptors (Lipinski definition) is 3. The number of rotatable bonds is 3. The monoisotopic (exact) mass is 250 g/mol. The molecule has 102 valence electrons. The van der Waals surface area contributed by atoms with Crippen LogP contribution in [0.15, 0.2) is 12.3 Å². The minimum atomic E-state index is 0.202. The maximum atomic E-state index is 4.64. The molecular formula is C14H26N4. The van der Waals surface area contributed by atoms with Crippen LogP contribution in [0.25, 0.3) is 0 Å². The van der Waals surface area contributed by atoms with Crippen molar-refractivity contribution in [3.8, 4) is 0 Å². The molecule has 4 heteroatoms. The summed E-state index contributed by atoms with van der Waals surface area (Å²) in [7, 11) is 0. The summed E-state index contributed by atoms with van der Waals surface area (Å²) in [4.78, 5) is 2.52. The molecule has 0 radical (unpaired) electrons. The van der Waals surface area contributed by atoms with E-state index in [1.165, 1.54) is 5.69 Å². The van der Waals surface area contributed by atoms with Gasteiger partial charge in [0.15, 0.2) is 0 Å². The zero-order valence-corrected chi connectivity index (χ0v) is 12.3. The predicted molar refractivity (Wildman–Crippen MR) is 74.6 cm³/mol. The van der Waals surface area contributed by atoms with E-state index in [-0.39, 0.29) is 5.54 Å². The maximum Gasteiger partial charge on any atom is 0.0765 e. The highest BCUT2D eigenvalue weighted by molar-refractivity contribution is 5.02.